The first kappa shape index (κ1) is 17.4. The Bertz CT molecular complexity index is 404. The first-order chi connectivity index (χ1) is 9.81. The van der Waals surface area contributed by atoms with Gasteiger partial charge in [-0.3, -0.25) is 4.79 Å². The fourth-order valence-corrected chi connectivity index (χ4v) is 2.22. The lowest BCUT2D eigenvalue weighted by atomic mass is 9.88. The van der Waals surface area contributed by atoms with Gasteiger partial charge in [-0.2, -0.15) is 4.91 Å². The number of hydrogen-bond acceptors (Lipinski definition) is 8. The van der Waals surface area contributed by atoms with E-state index in [-0.39, 0.29) is 6.42 Å². The summed E-state index contributed by atoms with van der Waals surface area (Å²) in [4.78, 5) is 33.1. The standard InChI is InChI=1S/C11H18N2O8/c1-4(15)12-8-5(13-20)2-7(11(18)19)21-10(8)9(17)6(16)3-14/h5-10,14,16-17H,2-3H2,1H3,(H,12,15)(H,18,19)/t5-,6+,7?,8+,9+,10+/m0/s1. The molecule has 21 heavy (non-hydrogen) atoms. The number of ether oxygens (including phenoxy) is 1. The van der Waals surface area contributed by atoms with E-state index in [1.54, 1.807) is 0 Å². The van der Waals surface area contributed by atoms with E-state index < -0.39 is 55.0 Å². The minimum atomic E-state index is -1.70. The zero-order chi connectivity index (χ0) is 16.2. The van der Waals surface area contributed by atoms with Gasteiger partial charge in [-0.15, -0.1) is 0 Å². The quantitative estimate of drug-likeness (QED) is 0.338. The highest BCUT2D eigenvalue weighted by molar-refractivity contribution is 5.74. The van der Waals surface area contributed by atoms with E-state index in [1.165, 1.54) is 0 Å². The molecule has 1 fully saturated rings. The first-order valence-electron chi connectivity index (χ1n) is 6.26. The minimum Gasteiger partial charge on any atom is -0.479 e. The number of nitrogens with one attached hydrogen (secondary N) is 1. The maximum absolute atomic E-state index is 11.2. The third-order valence-electron chi connectivity index (χ3n) is 3.24. The van der Waals surface area contributed by atoms with Crippen molar-refractivity contribution in [1.29, 1.82) is 0 Å². The van der Waals surface area contributed by atoms with E-state index in [0.717, 1.165) is 6.92 Å². The molecule has 5 N–H and O–H groups in total. The predicted molar refractivity (Wildman–Crippen MR) is 67.2 cm³/mol. The second-order valence-corrected chi connectivity index (χ2v) is 4.80. The Kier molecular flexibility index (Phi) is 6.15. The molecule has 1 rings (SSSR count). The molecule has 6 atom stereocenters. The summed E-state index contributed by atoms with van der Waals surface area (Å²) in [6, 6.07) is -2.25. The van der Waals surface area contributed by atoms with E-state index in [4.69, 9.17) is 14.9 Å². The van der Waals surface area contributed by atoms with Crippen LogP contribution in [0.25, 0.3) is 0 Å². The van der Waals surface area contributed by atoms with Gasteiger partial charge in [0.15, 0.2) is 6.10 Å². The number of amides is 1. The number of aliphatic hydroxyl groups is 3. The highest BCUT2D eigenvalue weighted by Crippen LogP contribution is 2.26. The van der Waals surface area contributed by atoms with E-state index in [0.29, 0.717) is 0 Å². The van der Waals surface area contributed by atoms with Crippen molar-refractivity contribution in [1.82, 2.24) is 5.32 Å². The SMILES string of the molecule is CC(=O)N[C@H]1[C@H]([C@H](O)[C@H](O)CO)OC(C(=O)O)C[C@@H]1N=O. The third-order valence-corrected chi connectivity index (χ3v) is 3.24. The summed E-state index contributed by atoms with van der Waals surface area (Å²) in [6.45, 7) is 0.363. The number of carbonyl (C=O) groups is 2. The number of hydrogen-bond donors (Lipinski definition) is 5. The molecule has 1 aliphatic rings. The van der Waals surface area contributed by atoms with Crippen molar-refractivity contribution < 1.29 is 34.8 Å². The van der Waals surface area contributed by atoms with Crippen LogP contribution < -0.4 is 5.32 Å². The van der Waals surface area contributed by atoms with Crippen LogP contribution in [-0.4, -0.2) is 75.4 Å². The second-order valence-electron chi connectivity index (χ2n) is 4.80. The zero-order valence-electron chi connectivity index (χ0n) is 11.2. The van der Waals surface area contributed by atoms with Crippen molar-refractivity contribution >= 4 is 11.9 Å². The number of carbonyl (C=O) groups excluding carboxylic acids is 1. The van der Waals surface area contributed by atoms with Gasteiger partial charge in [0.25, 0.3) is 0 Å². The van der Waals surface area contributed by atoms with Gasteiger partial charge >= 0.3 is 5.97 Å². The molecule has 1 heterocycles. The Morgan fingerprint density at radius 2 is 2.05 bits per heavy atom. The number of nitroso groups, excluding NO2 is 1. The van der Waals surface area contributed by atoms with Gasteiger partial charge in [0, 0.05) is 13.3 Å². The lowest BCUT2D eigenvalue weighted by Crippen LogP contribution is -2.63. The van der Waals surface area contributed by atoms with Crippen molar-refractivity contribution in [3.63, 3.8) is 0 Å². The van der Waals surface area contributed by atoms with E-state index >= 15 is 0 Å². The monoisotopic (exact) mass is 306 g/mol. The van der Waals surface area contributed by atoms with Gasteiger partial charge in [-0.1, -0.05) is 5.18 Å². The summed E-state index contributed by atoms with van der Waals surface area (Å²) < 4.78 is 5.14. The average Bonchev–Trinajstić information content (AvgIpc) is 2.44. The molecule has 1 saturated heterocycles. The molecule has 0 spiro atoms. The Balaban J connectivity index is 3.05. The second kappa shape index (κ2) is 7.41. The van der Waals surface area contributed by atoms with Crippen LogP contribution in [0.5, 0.6) is 0 Å². The Morgan fingerprint density at radius 1 is 1.43 bits per heavy atom. The maximum atomic E-state index is 11.2. The van der Waals surface area contributed by atoms with Gasteiger partial charge in [0.2, 0.25) is 5.91 Å². The molecule has 0 aliphatic carbocycles. The van der Waals surface area contributed by atoms with Crippen LogP contribution in [0.4, 0.5) is 0 Å². The van der Waals surface area contributed by atoms with Gasteiger partial charge < -0.3 is 30.5 Å². The maximum Gasteiger partial charge on any atom is 0.332 e. The van der Waals surface area contributed by atoms with E-state index in [2.05, 4.69) is 10.5 Å². The summed E-state index contributed by atoms with van der Waals surface area (Å²) in [6.07, 6.45) is -6.40. The van der Waals surface area contributed by atoms with E-state index in [9.17, 15) is 24.7 Å². The van der Waals surface area contributed by atoms with Crippen LogP contribution >= 0.6 is 0 Å². The number of aliphatic hydroxyl groups excluding tert-OH is 3. The topological polar surface area (TPSA) is 166 Å². The van der Waals surface area contributed by atoms with Gasteiger partial charge in [0.1, 0.15) is 24.4 Å². The molecule has 120 valence electrons. The Morgan fingerprint density at radius 3 is 2.48 bits per heavy atom. The zero-order valence-corrected chi connectivity index (χ0v) is 11.2. The van der Waals surface area contributed by atoms with Crippen molar-refractivity contribution in [3.8, 4) is 0 Å². The van der Waals surface area contributed by atoms with Gasteiger partial charge in [-0.25, -0.2) is 4.79 Å². The number of rotatable bonds is 6. The summed E-state index contributed by atoms with van der Waals surface area (Å²) in [5, 5.41) is 42.3. The summed E-state index contributed by atoms with van der Waals surface area (Å²) >= 11 is 0. The number of carboxylic acids is 1. The van der Waals surface area contributed by atoms with Crippen molar-refractivity contribution in [3.05, 3.63) is 4.91 Å². The highest BCUT2D eigenvalue weighted by atomic mass is 16.5. The largest absolute Gasteiger partial charge is 0.479 e. The van der Waals surface area contributed by atoms with Crippen LogP contribution in [0.1, 0.15) is 13.3 Å². The Hall–Kier alpha value is -1.62. The summed E-state index contributed by atoms with van der Waals surface area (Å²) in [5.41, 5.74) is 0. The van der Waals surface area contributed by atoms with Crippen molar-refractivity contribution in [2.75, 3.05) is 6.61 Å². The predicted octanol–water partition coefficient (Wildman–Crippen LogP) is -2.42. The summed E-state index contributed by atoms with van der Waals surface area (Å²) in [7, 11) is 0. The molecule has 0 aromatic carbocycles. The lowest BCUT2D eigenvalue weighted by Gasteiger charge is -2.40. The van der Waals surface area contributed by atoms with Crippen LogP contribution in [0.2, 0.25) is 0 Å². The molecule has 0 saturated carbocycles. The molecule has 1 unspecified atom stereocenters. The molecular weight excluding hydrogens is 288 g/mol. The molecule has 0 aromatic rings. The fraction of sp³-hybridized carbons (Fsp3) is 0.818. The molecule has 0 radical (unpaired) electrons. The third kappa shape index (κ3) is 4.17. The van der Waals surface area contributed by atoms with E-state index in [1.807, 2.05) is 0 Å². The molecule has 0 aromatic heterocycles. The van der Waals surface area contributed by atoms with Crippen LogP contribution in [0.15, 0.2) is 5.18 Å². The Labute approximate surface area is 119 Å². The fourth-order valence-electron chi connectivity index (χ4n) is 2.22. The van der Waals surface area contributed by atoms with Crippen LogP contribution in [0.3, 0.4) is 0 Å². The molecule has 0 bridgehead atoms. The summed E-state index contributed by atoms with van der Waals surface area (Å²) in [5.74, 6) is -1.90. The van der Waals surface area contributed by atoms with Crippen molar-refractivity contribution in [2.45, 2.75) is 49.8 Å². The molecular formula is C11H18N2O8. The smallest absolute Gasteiger partial charge is 0.332 e. The molecule has 1 amide bonds. The average molecular weight is 306 g/mol. The lowest BCUT2D eigenvalue weighted by molar-refractivity contribution is -0.183. The van der Waals surface area contributed by atoms with Gasteiger partial charge in [-0.05, 0) is 0 Å². The minimum absolute atomic E-state index is 0.276. The van der Waals surface area contributed by atoms with Crippen LogP contribution in [0, 0.1) is 4.91 Å². The molecule has 10 nitrogen and oxygen atoms in total. The van der Waals surface area contributed by atoms with Gasteiger partial charge in [0.05, 0.1) is 12.6 Å². The molecule has 10 heteroatoms. The van der Waals surface area contributed by atoms with Crippen molar-refractivity contribution in [2.24, 2.45) is 5.18 Å². The first-order valence-corrected chi connectivity index (χ1v) is 6.26. The molecule has 1 aliphatic heterocycles. The normalized spacial score (nSPS) is 32.0. The number of nitrogens with zero attached hydrogens (tertiary/aromatic N) is 1. The highest BCUT2D eigenvalue weighted by Gasteiger charge is 2.47. The number of aliphatic carboxylic acids is 1. The number of carboxylic acid groups (broad SMARTS) is 1. The van der Waals surface area contributed by atoms with Crippen LogP contribution in [-0.2, 0) is 14.3 Å².